The van der Waals surface area contributed by atoms with Gasteiger partial charge < -0.3 is 15.0 Å². The highest BCUT2D eigenvalue weighted by molar-refractivity contribution is 6.32. The minimum Gasteiger partial charge on any atom is -0.484 e. The zero-order chi connectivity index (χ0) is 21.6. The first-order chi connectivity index (χ1) is 13.8. The van der Waals surface area contributed by atoms with Crippen molar-refractivity contribution in [1.29, 1.82) is 0 Å². The number of likely N-dealkylation sites (N-methyl/N-ethyl adjacent to an activating group) is 1. The Morgan fingerprint density at radius 3 is 2.34 bits per heavy atom. The summed E-state index contributed by atoms with van der Waals surface area (Å²) in [6, 6.07) is 11.0. The molecule has 2 aromatic carbocycles. The van der Waals surface area contributed by atoms with Crippen LogP contribution in [-0.4, -0.2) is 36.4 Å². The predicted molar refractivity (Wildman–Crippen MR) is 116 cm³/mol. The molecule has 0 spiro atoms. The van der Waals surface area contributed by atoms with Crippen molar-refractivity contribution < 1.29 is 14.3 Å². The molecule has 5 nitrogen and oxygen atoms in total. The van der Waals surface area contributed by atoms with E-state index in [-0.39, 0.29) is 18.4 Å². The third kappa shape index (κ3) is 5.97. The van der Waals surface area contributed by atoms with Gasteiger partial charge in [-0.2, -0.15) is 0 Å². The molecule has 0 fully saturated rings. The average Bonchev–Trinajstić information content (AvgIpc) is 2.69. The first kappa shape index (κ1) is 22.8. The van der Waals surface area contributed by atoms with Gasteiger partial charge in [0.1, 0.15) is 11.8 Å². The molecule has 0 aliphatic heterocycles. The summed E-state index contributed by atoms with van der Waals surface area (Å²) in [6.07, 6.45) is 0.510. The van der Waals surface area contributed by atoms with E-state index < -0.39 is 6.04 Å². The number of amides is 2. The molecule has 2 amide bonds. The van der Waals surface area contributed by atoms with Crippen molar-refractivity contribution in [3.05, 3.63) is 63.7 Å². The van der Waals surface area contributed by atoms with E-state index >= 15 is 0 Å². The van der Waals surface area contributed by atoms with Gasteiger partial charge in [0, 0.05) is 18.6 Å². The third-order valence-corrected chi connectivity index (χ3v) is 5.44. The van der Waals surface area contributed by atoms with Gasteiger partial charge in [0.05, 0.1) is 0 Å². The predicted octanol–water partition coefficient (Wildman–Crippen LogP) is 4.20. The zero-order valence-corrected chi connectivity index (χ0v) is 18.5. The molecule has 0 radical (unpaired) electrons. The number of nitrogens with zero attached hydrogens (tertiary/aromatic N) is 1. The first-order valence-corrected chi connectivity index (χ1v) is 10.1. The Morgan fingerprint density at radius 1 is 1.14 bits per heavy atom. The molecule has 0 bridgehead atoms. The van der Waals surface area contributed by atoms with Crippen LogP contribution in [0, 0.1) is 20.8 Å². The summed E-state index contributed by atoms with van der Waals surface area (Å²) >= 11 is 6.20. The second-order valence-corrected chi connectivity index (χ2v) is 7.59. The van der Waals surface area contributed by atoms with Gasteiger partial charge in [-0.25, -0.2) is 0 Å². The van der Waals surface area contributed by atoms with E-state index in [4.69, 9.17) is 16.3 Å². The maximum atomic E-state index is 13.1. The number of aryl methyl sites for hydroxylation is 3. The van der Waals surface area contributed by atoms with Gasteiger partial charge in [-0.3, -0.25) is 9.59 Å². The number of halogens is 1. The SMILES string of the molecule is CC[C@@H](C(=O)NC)N(Cc1cccc(C)c1)C(=O)COc1cc(C)c(Cl)c(C)c1. The number of carbonyl (C=O) groups is 2. The number of ether oxygens (including phenoxy) is 1. The van der Waals surface area contributed by atoms with E-state index in [1.165, 1.54) is 0 Å². The third-order valence-electron chi connectivity index (χ3n) is 4.84. The number of carbonyl (C=O) groups excluding carboxylic acids is 2. The fourth-order valence-electron chi connectivity index (χ4n) is 3.31. The fraction of sp³-hybridized carbons (Fsp3) is 0.391. The van der Waals surface area contributed by atoms with Crippen LogP contribution < -0.4 is 10.1 Å². The molecule has 0 aliphatic carbocycles. The van der Waals surface area contributed by atoms with Crippen LogP contribution in [0.3, 0.4) is 0 Å². The molecule has 0 aliphatic rings. The molecule has 2 aromatic rings. The summed E-state index contributed by atoms with van der Waals surface area (Å²) in [5, 5.41) is 3.35. The Labute approximate surface area is 178 Å². The number of hydrogen-bond acceptors (Lipinski definition) is 3. The Kier molecular flexibility index (Phi) is 8.09. The van der Waals surface area contributed by atoms with Crippen LogP contribution in [0.4, 0.5) is 0 Å². The molecule has 2 rings (SSSR count). The van der Waals surface area contributed by atoms with Crippen LogP contribution in [0.5, 0.6) is 5.75 Å². The van der Waals surface area contributed by atoms with E-state index in [0.29, 0.717) is 23.7 Å². The minimum atomic E-state index is -0.565. The Morgan fingerprint density at radius 2 is 1.79 bits per heavy atom. The van der Waals surface area contributed by atoms with Crippen LogP contribution in [0.25, 0.3) is 0 Å². The zero-order valence-electron chi connectivity index (χ0n) is 17.7. The highest BCUT2D eigenvalue weighted by Crippen LogP contribution is 2.26. The Hall–Kier alpha value is -2.53. The van der Waals surface area contributed by atoms with Crippen molar-refractivity contribution in [1.82, 2.24) is 10.2 Å². The monoisotopic (exact) mass is 416 g/mol. The maximum Gasteiger partial charge on any atom is 0.261 e. The molecule has 0 heterocycles. The lowest BCUT2D eigenvalue weighted by molar-refractivity contribution is -0.142. The van der Waals surface area contributed by atoms with Crippen molar-refractivity contribution in [3.8, 4) is 5.75 Å². The highest BCUT2D eigenvalue weighted by Gasteiger charge is 2.28. The maximum absolute atomic E-state index is 13.1. The Balaban J connectivity index is 2.22. The van der Waals surface area contributed by atoms with Gasteiger partial charge in [-0.1, -0.05) is 48.4 Å². The van der Waals surface area contributed by atoms with E-state index in [1.807, 2.05) is 64.1 Å². The van der Waals surface area contributed by atoms with Gasteiger partial charge in [-0.15, -0.1) is 0 Å². The standard InChI is InChI=1S/C23H29ClN2O3/c1-6-20(23(28)25-5)26(13-18-9-7-8-15(2)10-18)21(27)14-29-19-11-16(3)22(24)17(4)12-19/h7-12,20H,6,13-14H2,1-5H3,(H,25,28)/t20-/m0/s1. The van der Waals surface area contributed by atoms with Gasteiger partial charge in [0.25, 0.3) is 5.91 Å². The topological polar surface area (TPSA) is 58.6 Å². The molecule has 0 unspecified atom stereocenters. The van der Waals surface area contributed by atoms with Crippen LogP contribution in [0.15, 0.2) is 36.4 Å². The fourth-order valence-corrected chi connectivity index (χ4v) is 3.42. The highest BCUT2D eigenvalue weighted by atomic mass is 35.5. The quantitative estimate of drug-likeness (QED) is 0.701. The summed E-state index contributed by atoms with van der Waals surface area (Å²) in [6.45, 7) is 7.87. The summed E-state index contributed by atoms with van der Waals surface area (Å²) in [7, 11) is 1.58. The lowest BCUT2D eigenvalue weighted by atomic mass is 10.1. The van der Waals surface area contributed by atoms with Crippen LogP contribution in [0.1, 0.15) is 35.6 Å². The number of hydrogen-bond donors (Lipinski definition) is 1. The number of rotatable bonds is 8. The van der Waals surface area contributed by atoms with Crippen molar-refractivity contribution in [2.45, 2.75) is 46.7 Å². The smallest absolute Gasteiger partial charge is 0.261 e. The molecule has 29 heavy (non-hydrogen) atoms. The summed E-state index contributed by atoms with van der Waals surface area (Å²) < 4.78 is 5.75. The van der Waals surface area contributed by atoms with Gasteiger partial charge in [-0.05, 0) is 56.0 Å². The van der Waals surface area contributed by atoms with Gasteiger partial charge in [0.2, 0.25) is 5.91 Å². The summed E-state index contributed by atoms with van der Waals surface area (Å²) in [5.74, 6) is 0.153. The molecule has 1 atom stereocenters. The summed E-state index contributed by atoms with van der Waals surface area (Å²) in [4.78, 5) is 27.0. The van der Waals surface area contributed by atoms with Gasteiger partial charge >= 0.3 is 0 Å². The van der Waals surface area contributed by atoms with E-state index in [1.54, 1.807) is 11.9 Å². The van der Waals surface area contributed by atoms with E-state index in [0.717, 1.165) is 22.3 Å². The molecule has 0 aromatic heterocycles. The molecular formula is C23H29ClN2O3. The minimum absolute atomic E-state index is 0.153. The molecular weight excluding hydrogens is 388 g/mol. The van der Waals surface area contributed by atoms with Crippen molar-refractivity contribution >= 4 is 23.4 Å². The largest absolute Gasteiger partial charge is 0.484 e. The van der Waals surface area contributed by atoms with Crippen LogP contribution in [-0.2, 0) is 16.1 Å². The Bertz CT molecular complexity index is 859. The molecule has 1 N–H and O–H groups in total. The lowest BCUT2D eigenvalue weighted by Crippen LogP contribution is -2.49. The van der Waals surface area contributed by atoms with Crippen LogP contribution in [0.2, 0.25) is 5.02 Å². The number of nitrogens with one attached hydrogen (secondary N) is 1. The van der Waals surface area contributed by atoms with E-state index in [2.05, 4.69) is 5.32 Å². The second kappa shape index (κ2) is 10.3. The van der Waals surface area contributed by atoms with Gasteiger partial charge in [0.15, 0.2) is 6.61 Å². The van der Waals surface area contributed by atoms with Crippen molar-refractivity contribution in [3.63, 3.8) is 0 Å². The molecule has 6 heteroatoms. The average molecular weight is 417 g/mol. The first-order valence-electron chi connectivity index (χ1n) is 9.73. The molecule has 156 valence electrons. The number of benzene rings is 2. The molecule has 0 saturated carbocycles. The van der Waals surface area contributed by atoms with Crippen molar-refractivity contribution in [2.75, 3.05) is 13.7 Å². The lowest BCUT2D eigenvalue weighted by Gasteiger charge is -2.30. The normalized spacial score (nSPS) is 11.7. The second-order valence-electron chi connectivity index (χ2n) is 7.21. The van der Waals surface area contributed by atoms with E-state index in [9.17, 15) is 9.59 Å². The van der Waals surface area contributed by atoms with Crippen molar-refractivity contribution in [2.24, 2.45) is 0 Å². The van der Waals surface area contributed by atoms with Crippen LogP contribution >= 0.6 is 11.6 Å². The summed E-state index contributed by atoms with van der Waals surface area (Å²) in [5.41, 5.74) is 3.86. The molecule has 0 saturated heterocycles.